The predicted octanol–water partition coefficient (Wildman–Crippen LogP) is 13.4. The molecule has 0 fully saturated rings. The Bertz CT molecular complexity index is 3490. The van der Waals surface area contributed by atoms with Gasteiger partial charge in [-0.05, 0) is 77.9 Å². The first-order chi connectivity index (χ1) is 28.2. The van der Waals surface area contributed by atoms with Gasteiger partial charge in [-0.3, -0.25) is 0 Å². The van der Waals surface area contributed by atoms with E-state index in [4.69, 9.17) is 23.8 Å². The quantitative estimate of drug-likeness (QED) is 0.176. The Kier molecular flexibility index (Phi) is 6.83. The summed E-state index contributed by atoms with van der Waals surface area (Å²) < 4.78 is 15.1. The lowest BCUT2D eigenvalue weighted by molar-refractivity contribution is 0.668. The second kappa shape index (κ2) is 12.3. The van der Waals surface area contributed by atoms with Gasteiger partial charge in [0.25, 0.3) is 0 Å². The van der Waals surface area contributed by atoms with Crippen LogP contribution in [0.5, 0.6) is 0 Å². The molecule has 0 amide bonds. The van der Waals surface area contributed by atoms with Gasteiger partial charge in [-0.15, -0.1) is 0 Å². The minimum Gasteiger partial charge on any atom is -0.456 e. The number of fused-ring (bicyclic) bond motifs is 9. The minimum atomic E-state index is 0.565. The summed E-state index contributed by atoms with van der Waals surface area (Å²) in [6, 6.07) is 62.8. The van der Waals surface area contributed by atoms with Crippen molar-refractivity contribution < 1.29 is 8.83 Å². The standard InChI is InChI=1S/C51H30N4O2/c1-2-11-31(12-3-1)32-13-10-14-33(27-32)49-52-50(54-51(53-49)35-21-24-40-39-17-6-9-20-45(39)56-47(40)29-35)34-22-26-46-42(28-34)41-25-23-36(30-48(41)57-46)55-43-18-7-4-15-37(43)38-16-5-8-19-44(38)55/h1-30H. The highest BCUT2D eigenvalue weighted by molar-refractivity contribution is 6.11. The van der Waals surface area contributed by atoms with Gasteiger partial charge in [0, 0.05) is 60.8 Å². The van der Waals surface area contributed by atoms with E-state index in [1.807, 2.05) is 42.5 Å². The smallest absolute Gasteiger partial charge is 0.164 e. The monoisotopic (exact) mass is 730 g/mol. The van der Waals surface area contributed by atoms with Crippen LogP contribution in [-0.2, 0) is 0 Å². The molecule has 4 aromatic heterocycles. The lowest BCUT2D eigenvalue weighted by Crippen LogP contribution is -2.00. The zero-order valence-corrected chi connectivity index (χ0v) is 30.4. The Hall–Kier alpha value is -7.83. The van der Waals surface area contributed by atoms with Gasteiger partial charge in [-0.25, -0.2) is 15.0 Å². The SMILES string of the molecule is c1ccc(-c2cccc(-c3nc(-c4ccc5c(c4)oc4ccccc45)nc(-c4ccc5oc6cc(-n7c8ccccc8c8ccccc87)ccc6c5c4)n3)c2)cc1. The van der Waals surface area contributed by atoms with Crippen LogP contribution in [-0.4, -0.2) is 19.5 Å². The Morgan fingerprint density at radius 1 is 0.298 bits per heavy atom. The summed E-state index contributed by atoms with van der Waals surface area (Å²) in [6.07, 6.45) is 0. The third kappa shape index (κ3) is 5.08. The van der Waals surface area contributed by atoms with Crippen LogP contribution in [0.4, 0.5) is 0 Å². The van der Waals surface area contributed by atoms with Gasteiger partial charge in [0.15, 0.2) is 17.5 Å². The highest BCUT2D eigenvalue weighted by Crippen LogP contribution is 2.38. The highest BCUT2D eigenvalue weighted by atomic mass is 16.3. The van der Waals surface area contributed by atoms with Crippen molar-refractivity contribution >= 4 is 65.7 Å². The van der Waals surface area contributed by atoms with Crippen LogP contribution in [0, 0.1) is 0 Å². The fraction of sp³-hybridized carbons (Fsp3) is 0. The molecule has 0 bridgehead atoms. The molecule has 0 radical (unpaired) electrons. The average molecular weight is 731 g/mol. The van der Waals surface area contributed by atoms with Gasteiger partial charge >= 0.3 is 0 Å². The average Bonchev–Trinajstić information content (AvgIpc) is 3.95. The number of aromatic nitrogens is 4. The van der Waals surface area contributed by atoms with E-state index < -0.39 is 0 Å². The Morgan fingerprint density at radius 3 is 1.56 bits per heavy atom. The molecule has 8 aromatic carbocycles. The van der Waals surface area contributed by atoms with Crippen LogP contribution in [0.2, 0.25) is 0 Å². The summed E-state index contributed by atoms with van der Waals surface area (Å²) in [4.78, 5) is 15.3. The molecule has 6 heteroatoms. The molecule has 57 heavy (non-hydrogen) atoms. The van der Waals surface area contributed by atoms with Crippen LogP contribution < -0.4 is 0 Å². The van der Waals surface area contributed by atoms with E-state index in [1.54, 1.807) is 0 Å². The topological polar surface area (TPSA) is 69.9 Å². The molecule has 0 N–H and O–H groups in total. The number of benzene rings is 8. The van der Waals surface area contributed by atoms with E-state index in [2.05, 4.69) is 144 Å². The normalized spacial score (nSPS) is 11.9. The van der Waals surface area contributed by atoms with Crippen molar-refractivity contribution in [2.45, 2.75) is 0 Å². The summed E-state index contributed by atoms with van der Waals surface area (Å²) in [5.41, 5.74) is 11.4. The van der Waals surface area contributed by atoms with Crippen molar-refractivity contribution in [3.8, 4) is 51.0 Å². The second-order valence-corrected chi connectivity index (χ2v) is 14.4. The molecule has 0 saturated carbocycles. The fourth-order valence-electron chi connectivity index (χ4n) is 8.34. The zero-order chi connectivity index (χ0) is 37.5. The summed E-state index contributed by atoms with van der Waals surface area (Å²) in [7, 11) is 0. The number of hydrogen-bond donors (Lipinski definition) is 0. The largest absolute Gasteiger partial charge is 0.456 e. The van der Waals surface area contributed by atoms with Gasteiger partial charge in [-0.1, -0.05) is 109 Å². The lowest BCUT2D eigenvalue weighted by Gasteiger charge is -2.10. The van der Waals surface area contributed by atoms with Crippen molar-refractivity contribution in [1.82, 2.24) is 19.5 Å². The van der Waals surface area contributed by atoms with E-state index in [9.17, 15) is 0 Å². The van der Waals surface area contributed by atoms with E-state index in [-0.39, 0.29) is 0 Å². The maximum absolute atomic E-state index is 6.54. The Balaban J connectivity index is 1.01. The highest BCUT2D eigenvalue weighted by Gasteiger charge is 2.18. The first-order valence-corrected chi connectivity index (χ1v) is 19.0. The molecular weight excluding hydrogens is 701 g/mol. The lowest BCUT2D eigenvalue weighted by atomic mass is 10.0. The number of para-hydroxylation sites is 3. The molecule has 0 atom stereocenters. The second-order valence-electron chi connectivity index (χ2n) is 14.4. The van der Waals surface area contributed by atoms with E-state index in [1.165, 1.54) is 10.8 Å². The molecule has 0 aliphatic carbocycles. The Morgan fingerprint density at radius 2 is 0.807 bits per heavy atom. The molecule has 6 nitrogen and oxygen atoms in total. The van der Waals surface area contributed by atoms with Gasteiger partial charge < -0.3 is 13.4 Å². The molecule has 0 unspecified atom stereocenters. The van der Waals surface area contributed by atoms with Crippen molar-refractivity contribution in [1.29, 1.82) is 0 Å². The number of nitrogens with zero attached hydrogens (tertiary/aromatic N) is 4. The molecule has 0 aliphatic heterocycles. The van der Waals surface area contributed by atoms with Crippen LogP contribution in [0.15, 0.2) is 191 Å². The molecule has 0 saturated heterocycles. The van der Waals surface area contributed by atoms with E-state index >= 15 is 0 Å². The van der Waals surface area contributed by atoms with Crippen molar-refractivity contribution in [3.05, 3.63) is 182 Å². The van der Waals surface area contributed by atoms with Crippen LogP contribution in [0.1, 0.15) is 0 Å². The number of furan rings is 2. The summed E-state index contributed by atoms with van der Waals surface area (Å²) in [5, 5.41) is 6.60. The van der Waals surface area contributed by atoms with Gasteiger partial charge in [0.1, 0.15) is 22.3 Å². The van der Waals surface area contributed by atoms with Gasteiger partial charge in [0.05, 0.1) is 11.0 Å². The number of rotatable bonds is 5. The fourth-order valence-corrected chi connectivity index (χ4v) is 8.34. The third-order valence-corrected chi connectivity index (χ3v) is 11.1. The molecule has 266 valence electrons. The van der Waals surface area contributed by atoms with Crippen molar-refractivity contribution in [3.63, 3.8) is 0 Å². The van der Waals surface area contributed by atoms with Gasteiger partial charge in [-0.2, -0.15) is 0 Å². The van der Waals surface area contributed by atoms with Crippen LogP contribution in [0.25, 0.3) is 117 Å². The maximum Gasteiger partial charge on any atom is 0.164 e. The summed E-state index contributed by atoms with van der Waals surface area (Å²) in [5.74, 6) is 1.73. The predicted molar refractivity (Wildman–Crippen MR) is 230 cm³/mol. The third-order valence-electron chi connectivity index (χ3n) is 11.1. The molecule has 4 heterocycles. The summed E-state index contributed by atoms with van der Waals surface area (Å²) >= 11 is 0. The van der Waals surface area contributed by atoms with Crippen LogP contribution >= 0.6 is 0 Å². The molecule has 0 spiro atoms. The van der Waals surface area contributed by atoms with Crippen molar-refractivity contribution in [2.24, 2.45) is 0 Å². The molecule has 12 aromatic rings. The molecule has 0 aliphatic rings. The van der Waals surface area contributed by atoms with E-state index in [0.29, 0.717) is 17.5 Å². The van der Waals surface area contributed by atoms with Gasteiger partial charge in [0.2, 0.25) is 0 Å². The molecular formula is C51H30N4O2. The Labute approximate surface area is 325 Å². The van der Waals surface area contributed by atoms with E-state index in [0.717, 1.165) is 88.4 Å². The first kappa shape index (κ1) is 31.5. The summed E-state index contributed by atoms with van der Waals surface area (Å²) in [6.45, 7) is 0. The van der Waals surface area contributed by atoms with Crippen LogP contribution in [0.3, 0.4) is 0 Å². The maximum atomic E-state index is 6.54. The molecule has 12 rings (SSSR count). The zero-order valence-electron chi connectivity index (χ0n) is 30.4. The number of hydrogen-bond acceptors (Lipinski definition) is 5. The minimum absolute atomic E-state index is 0.565. The van der Waals surface area contributed by atoms with Crippen molar-refractivity contribution in [2.75, 3.05) is 0 Å². The first-order valence-electron chi connectivity index (χ1n) is 19.0.